The molecule has 0 aliphatic rings. The van der Waals surface area contributed by atoms with E-state index in [4.69, 9.17) is 0 Å². The van der Waals surface area contributed by atoms with Crippen molar-refractivity contribution in [1.82, 2.24) is 10.6 Å². The number of amides is 2. The normalized spacial score (nSPS) is 11.0. The van der Waals surface area contributed by atoms with Gasteiger partial charge in [-0.3, -0.25) is 0 Å². The summed E-state index contributed by atoms with van der Waals surface area (Å²) < 4.78 is 37.6. The molecule has 0 aromatic heterocycles. The molecular formula is C10H11F3N2O. The van der Waals surface area contributed by atoms with Gasteiger partial charge in [-0.2, -0.15) is 13.2 Å². The Hall–Kier alpha value is -1.72. The summed E-state index contributed by atoms with van der Waals surface area (Å²) >= 11 is 0. The highest BCUT2D eigenvalue weighted by Gasteiger charge is 2.32. The number of benzene rings is 1. The highest BCUT2D eigenvalue weighted by Crippen LogP contribution is 2.31. The number of rotatable bonds is 2. The van der Waals surface area contributed by atoms with E-state index in [1.54, 1.807) is 0 Å². The number of hydrogen-bond donors (Lipinski definition) is 2. The van der Waals surface area contributed by atoms with Crippen molar-refractivity contribution < 1.29 is 18.0 Å². The molecule has 3 nitrogen and oxygen atoms in total. The van der Waals surface area contributed by atoms with Crippen LogP contribution in [-0.4, -0.2) is 13.1 Å². The van der Waals surface area contributed by atoms with Crippen molar-refractivity contribution >= 4 is 6.03 Å². The maximum Gasteiger partial charge on any atom is 0.416 e. The average molecular weight is 232 g/mol. The molecule has 16 heavy (non-hydrogen) atoms. The molecule has 2 N–H and O–H groups in total. The molecule has 0 fully saturated rings. The second-order valence-electron chi connectivity index (χ2n) is 3.09. The number of halogens is 3. The maximum atomic E-state index is 12.5. The topological polar surface area (TPSA) is 41.1 Å². The Balaban J connectivity index is 2.84. The molecule has 0 saturated heterocycles. The summed E-state index contributed by atoms with van der Waals surface area (Å²) in [5, 5.41) is 4.57. The number of carbonyl (C=O) groups excluding carboxylic acids is 1. The van der Waals surface area contributed by atoms with Crippen LogP contribution in [0.4, 0.5) is 18.0 Å². The Morgan fingerprint density at radius 2 is 1.94 bits per heavy atom. The third kappa shape index (κ3) is 3.15. The molecule has 6 heteroatoms. The molecular weight excluding hydrogens is 221 g/mol. The van der Waals surface area contributed by atoms with Crippen molar-refractivity contribution in [3.63, 3.8) is 0 Å². The lowest BCUT2D eigenvalue weighted by Crippen LogP contribution is -2.32. The van der Waals surface area contributed by atoms with Crippen LogP contribution in [0.25, 0.3) is 0 Å². The van der Waals surface area contributed by atoms with Crippen LogP contribution in [0.3, 0.4) is 0 Å². The fraction of sp³-hybridized carbons (Fsp3) is 0.300. The van der Waals surface area contributed by atoms with Crippen LogP contribution < -0.4 is 10.6 Å². The maximum absolute atomic E-state index is 12.5. The van der Waals surface area contributed by atoms with E-state index >= 15 is 0 Å². The first-order chi connectivity index (χ1) is 7.45. The molecule has 0 aliphatic heterocycles. The predicted molar refractivity (Wildman–Crippen MR) is 52.7 cm³/mol. The molecule has 1 aromatic carbocycles. The Labute approximate surface area is 90.6 Å². The van der Waals surface area contributed by atoms with E-state index in [2.05, 4.69) is 10.6 Å². The Morgan fingerprint density at radius 3 is 2.50 bits per heavy atom. The lowest BCUT2D eigenvalue weighted by Gasteiger charge is -2.12. The smallest absolute Gasteiger partial charge is 0.341 e. The molecule has 0 unspecified atom stereocenters. The van der Waals surface area contributed by atoms with Gasteiger partial charge in [0.25, 0.3) is 0 Å². The van der Waals surface area contributed by atoms with Crippen molar-refractivity contribution in [3.05, 3.63) is 35.4 Å². The first-order valence-electron chi connectivity index (χ1n) is 4.56. The standard InChI is InChI=1S/C10H11F3N2O/c1-14-9(16)15-6-7-4-2-3-5-8(7)10(11,12)13/h2-5H,6H2,1H3,(H2,14,15,16). The van der Waals surface area contributed by atoms with Gasteiger partial charge in [0.15, 0.2) is 0 Å². The first kappa shape index (κ1) is 12.4. The van der Waals surface area contributed by atoms with Crippen LogP contribution in [0, 0.1) is 0 Å². The van der Waals surface area contributed by atoms with Gasteiger partial charge in [0.05, 0.1) is 5.56 Å². The summed E-state index contributed by atoms with van der Waals surface area (Å²) in [5.74, 6) is 0. The third-order valence-corrected chi connectivity index (χ3v) is 1.99. The fourth-order valence-corrected chi connectivity index (χ4v) is 1.21. The van der Waals surface area contributed by atoms with Crippen LogP contribution in [0.2, 0.25) is 0 Å². The molecule has 0 saturated carbocycles. The van der Waals surface area contributed by atoms with Gasteiger partial charge in [0.1, 0.15) is 0 Å². The van der Waals surface area contributed by atoms with Gasteiger partial charge in [0.2, 0.25) is 0 Å². The summed E-state index contributed by atoms with van der Waals surface area (Å²) in [6.07, 6.45) is -4.40. The van der Waals surface area contributed by atoms with Crippen LogP contribution in [0.5, 0.6) is 0 Å². The second-order valence-corrected chi connectivity index (χ2v) is 3.09. The predicted octanol–water partition coefficient (Wildman–Crippen LogP) is 2.13. The van der Waals surface area contributed by atoms with Gasteiger partial charge in [-0.25, -0.2) is 4.79 Å². The molecule has 0 radical (unpaired) electrons. The quantitative estimate of drug-likeness (QED) is 0.805. The van der Waals surface area contributed by atoms with Crippen LogP contribution in [0.15, 0.2) is 24.3 Å². The van der Waals surface area contributed by atoms with Crippen molar-refractivity contribution in [2.24, 2.45) is 0 Å². The zero-order valence-electron chi connectivity index (χ0n) is 8.56. The summed E-state index contributed by atoms with van der Waals surface area (Å²) in [4.78, 5) is 10.8. The molecule has 2 amide bonds. The molecule has 0 spiro atoms. The van der Waals surface area contributed by atoms with E-state index in [1.807, 2.05) is 0 Å². The lowest BCUT2D eigenvalue weighted by molar-refractivity contribution is -0.138. The molecule has 0 bridgehead atoms. The Bertz CT molecular complexity index is 377. The molecule has 1 aromatic rings. The van der Waals surface area contributed by atoms with Gasteiger partial charge in [-0.05, 0) is 11.6 Å². The van der Waals surface area contributed by atoms with Crippen molar-refractivity contribution in [2.45, 2.75) is 12.7 Å². The van der Waals surface area contributed by atoms with Crippen molar-refractivity contribution in [3.8, 4) is 0 Å². The van der Waals surface area contributed by atoms with Gasteiger partial charge < -0.3 is 10.6 Å². The summed E-state index contributed by atoms with van der Waals surface area (Å²) in [7, 11) is 1.39. The highest BCUT2D eigenvalue weighted by atomic mass is 19.4. The number of nitrogens with one attached hydrogen (secondary N) is 2. The summed E-state index contributed by atoms with van der Waals surface area (Å²) in [5.41, 5.74) is -0.690. The Kier molecular flexibility index (Phi) is 3.76. The molecule has 0 atom stereocenters. The third-order valence-electron chi connectivity index (χ3n) is 1.99. The van der Waals surface area contributed by atoms with Gasteiger partial charge in [-0.1, -0.05) is 18.2 Å². The van der Waals surface area contributed by atoms with Gasteiger partial charge in [-0.15, -0.1) is 0 Å². The summed E-state index contributed by atoms with van der Waals surface area (Å²) in [6, 6.07) is 4.61. The van der Waals surface area contributed by atoms with Gasteiger partial charge >= 0.3 is 12.2 Å². The van der Waals surface area contributed by atoms with Crippen LogP contribution in [0.1, 0.15) is 11.1 Å². The largest absolute Gasteiger partial charge is 0.416 e. The minimum Gasteiger partial charge on any atom is -0.341 e. The van der Waals surface area contributed by atoms with Crippen LogP contribution >= 0.6 is 0 Å². The number of urea groups is 1. The van der Waals surface area contributed by atoms with Crippen LogP contribution in [-0.2, 0) is 12.7 Å². The Morgan fingerprint density at radius 1 is 1.31 bits per heavy atom. The SMILES string of the molecule is CNC(=O)NCc1ccccc1C(F)(F)F. The lowest BCUT2D eigenvalue weighted by atomic mass is 10.1. The highest BCUT2D eigenvalue weighted by molar-refractivity contribution is 5.73. The zero-order valence-corrected chi connectivity index (χ0v) is 8.56. The minimum absolute atomic E-state index is 0.0404. The molecule has 1 rings (SSSR count). The minimum atomic E-state index is -4.40. The monoisotopic (exact) mass is 232 g/mol. The number of hydrogen-bond acceptors (Lipinski definition) is 1. The first-order valence-corrected chi connectivity index (χ1v) is 4.56. The number of alkyl halides is 3. The number of carbonyl (C=O) groups is 1. The van der Waals surface area contributed by atoms with E-state index in [0.717, 1.165) is 6.07 Å². The molecule has 0 heterocycles. The fourth-order valence-electron chi connectivity index (χ4n) is 1.21. The van der Waals surface area contributed by atoms with Crippen molar-refractivity contribution in [2.75, 3.05) is 7.05 Å². The zero-order chi connectivity index (χ0) is 12.2. The van der Waals surface area contributed by atoms with E-state index in [9.17, 15) is 18.0 Å². The van der Waals surface area contributed by atoms with E-state index in [0.29, 0.717) is 0 Å². The average Bonchev–Trinajstić information content (AvgIpc) is 2.25. The van der Waals surface area contributed by atoms with Crippen molar-refractivity contribution in [1.29, 1.82) is 0 Å². The molecule has 0 aliphatic carbocycles. The molecule has 88 valence electrons. The summed E-state index contributed by atoms with van der Waals surface area (Å²) in [6.45, 7) is -0.157. The van der Waals surface area contributed by atoms with E-state index in [-0.39, 0.29) is 12.1 Å². The van der Waals surface area contributed by atoms with E-state index < -0.39 is 17.8 Å². The second kappa shape index (κ2) is 4.87. The van der Waals surface area contributed by atoms with E-state index in [1.165, 1.54) is 25.2 Å². The van der Waals surface area contributed by atoms with Gasteiger partial charge in [0, 0.05) is 13.6 Å².